The number of rotatable bonds is 5. The molecule has 7 heteroatoms. The van der Waals surface area contributed by atoms with Crippen LogP contribution in [0, 0.1) is 0 Å². The highest BCUT2D eigenvalue weighted by Crippen LogP contribution is 2.34. The second-order valence-corrected chi connectivity index (χ2v) is 5.20. The van der Waals surface area contributed by atoms with Gasteiger partial charge in [-0.05, 0) is 18.6 Å². The number of hydrogen-bond acceptors (Lipinski definition) is 3. The molecule has 2 rings (SSSR count). The van der Waals surface area contributed by atoms with Crippen LogP contribution in [0.2, 0.25) is 0 Å². The molecular formula is C15H17F3N2O2. The summed E-state index contributed by atoms with van der Waals surface area (Å²) in [4.78, 5) is 24.0. The van der Waals surface area contributed by atoms with Crippen molar-refractivity contribution in [2.24, 2.45) is 0 Å². The molecule has 1 heterocycles. The fourth-order valence-electron chi connectivity index (χ4n) is 2.51. The third-order valence-corrected chi connectivity index (χ3v) is 3.67. The van der Waals surface area contributed by atoms with Crippen LogP contribution < -0.4 is 5.32 Å². The highest BCUT2D eigenvalue weighted by molar-refractivity contribution is 6.01. The zero-order valence-electron chi connectivity index (χ0n) is 12.1. The SMILES string of the molecule is CC(NCCN1C(=O)CCC1=O)c1ccccc1C(F)(F)F. The van der Waals surface area contributed by atoms with E-state index in [4.69, 9.17) is 0 Å². The first-order chi connectivity index (χ1) is 10.3. The molecule has 1 fully saturated rings. The van der Waals surface area contributed by atoms with Crippen molar-refractivity contribution in [3.8, 4) is 0 Å². The number of halogens is 3. The van der Waals surface area contributed by atoms with E-state index < -0.39 is 17.8 Å². The normalized spacial score (nSPS) is 17.2. The minimum Gasteiger partial charge on any atom is -0.308 e. The number of alkyl halides is 3. The van der Waals surface area contributed by atoms with Crippen molar-refractivity contribution in [3.63, 3.8) is 0 Å². The smallest absolute Gasteiger partial charge is 0.308 e. The van der Waals surface area contributed by atoms with E-state index in [1.165, 1.54) is 12.1 Å². The van der Waals surface area contributed by atoms with E-state index in [1.807, 2.05) is 0 Å². The molecule has 120 valence electrons. The Kier molecular flexibility index (Phi) is 4.85. The van der Waals surface area contributed by atoms with E-state index in [0.29, 0.717) is 0 Å². The average Bonchev–Trinajstić information content (AvgIpc) is 2.78. The Hall–Kier alpha value is -1.89. The maximum Gasteiger partial charge on any atom is 0.416 e. The lowest BCUT2D eigenvalue weighted by molar-refractivity contribution is -0.139. The van der Waals surface area contributed by atoms with Gasteiger partial charge >= 0.3 is 6.18 Å². The van der Waals surface area contributed by atoms with Crippen LogP contribution in [0.5, 0.6) is 0 Å². The van der Waals surface area contributed by atoms with Crippen LogP contribution in [0.25, 0.3) is 0 Å². The van der Waals surface area contributed by atoms with Gasteiger partial charge in [0.1, 0.15) is 0 Å². The van der Waals surface area contributed by atoms with E-state index in [1.54, 1.807) is 13.0 Å². The third-order valence-electron chi connectivity index (χ3n) is 3.67. The van der Waals surface area contributed by atoms with Crippen LogP contribution in [0.1, 0.15) is 36.9 Å². The monoisotopic (exact) mass is 314 g/mol. The first-order valence-electron chi connectivity index (χ1n) is 7.03. The first-order valence-corrected chi connectivity index (χ1v) is 7.03. The van der Waals surface area contributed by atoms with Crippen molar-refractivity contribution in [3.05, 3.63) is 35.4 Å². The summed E-state index contributed by atoms with van der Waals surface area (Å²) < 4.78 is 38.9. The van der Waals surface area contributed by atoms with Gasteiger partial charge in [0.25, 0.3) is 0 Å². The van der Waals surface area contributed by atoms with E-state index >= 15 is 0 Å². The summed E-state index contributed by atoms with van der Waals surface area (Å²) in [6, 6.07) is 4.83. The second-order valence-electron chi connectivity index (χ2n) is 5.20. The van der Waals surface area contributed by atoms with E-state index in [9.17, 15) is 22.8 Å². The van der Waals surface area contributed by atoms with Gasteiger partial charge in [-0.1, -0.05) is 18.2 Å². The molecule has 22 heavy (non-hydrogen) atoms. The molecule has 0 aromatic heterocycles. The maximum absolute atomic E-state index is 13.0. The lowest BCUT2D eigenvalue weighted by atomic mass is 10.0. The molecule has 0 saturated carbocycles. The fourth-order valence-corrected chi connectivity index (χ4v) is 2.51. The van der Waals surface area contributed by atoms with Crippen molar-refractivity contribution in [1.29, 1.82) is 0 Å². The largest absolute Gasteiger partial charge is 0.416 e. The van der Waals surface area contributed by atoms with Crippen molar-refractivity contribution < 1.29 is 22.8 Å². The minimum absolute atomic E-state index is 0.147. The van der Waals surface area contributed by atoms with Crippen molar-refractivity contribution in [2.75, 3.05) is 13.1 Å². The molecular weight excluding hydrogens is 297 g/mol. The number of amides is 2. The maximum atomic E-state index is 13.0. The van der Waals surface area contributed by atoms with Gasteiger partial charge in [-0.2, -0.15) is 13.2 Å². The van der Waals surface area contributed by atoms with E-state index in [0.717, 1.165) is 11.0 Å². The summed E-state index contributed by atoms with van der Waals surface area (Å²) >= 11 is 0. The van der Waals surface area contributed by atoms with E-state index in [-0.39, 0.29) is 43.3 Å². The number of benzene rings is 1. The Balaban J connectivity index is 1.97. The van der Waals surface area contributed by atoms with Gasteiger partial charge in [-0.15, -0.1) is 0 Å². The Bertz CT molecular complexity index is 556. The van der Waals surface area contributed by atoms with Crippen molar-refractivity contribution >= 4 is 11.8 Å². The van der Waals surface area contributed by atoms with Gasteiger partial charge < -0.3 is 5.32 Å². The van der Waals surface area contributed by atoms with Gasteiger partial charge in [-0.25, -0.2) is 0 Å². The molecule has 1 atom stereocenters. The Morgan fingerprint density at radius 1 is 1.18 bits per heavy atom. The van der Waals surface area contributed by atoms with Crippen LogP contribution in [0.3, 0.4) is 0 Å². The molecule has 1 aromatic carbocycles. The summed E-state index contributed by atoms with van der Waals surface area (Å²) in [5, 5.41) is 2.93. The average molecular weight is 314 g/mol. The third kappa shape index (κ3) is 3.65. The Morgan fingerprint density at radius 3 is 2.36 bits per heavy atom. The summed E-state index contributed by atoms with van der Waals surface area (Å²) in [5.74, 6) is -0.453. The molecule has 0 radical (unpaired) electrons. The van der Waals surface area contributed by atoms with Crippen LogP contribution >= 0.6 is 0 Å². The molecule has 0 aliphatic carbocycles. The molecule has 1 unspecified atom stereocenters. The summed E-state index contributed by atoms with van der Waals surface area (Å²) in [6.45, 7) is 2.05. The molecule has 1 aromatic rings. The zero-order valence-corrected chi connectivity index (χ0v) is 12.1. The minimum atomic E-state index is -4.41. The van der Waals surface area contributed by atoms with Crippen molar-refractivity contribution in [1.82, 2.24) is 10.2 Å². The highest BCUT2D eigenvalue weighted by atomic mass is 19.4. The van der Waals surface area contributed by atoms with Gasteiger partial charge in [-0.3, -0.25) is 14.5 Å². The predicted molar refractivity (Wildman–Crippen MR) is 73.8 cm³/mol. The Labute approximate surface area is 126 Å². The highest BCUT2D eigenvalue weighted by Gasteiger charge is 2.34. The summed E-state index contributed by atoms with van der Waals surface area (Å²) in [6.07, 6.45) is -3.98. The molecule has 0 bridgehead atoms. The fraction of sp³-hybridized carbons (Fsp3) is 0.467. The number of nitrogens with one attached hydrogen (secondary N) is 1. The quantitative estimate of drug-likeness (QED) is 0.850. The molecule has 1 aliphatic rings. The number of imide groups is 1. The number of nitrogens with zero attached hydrogens (tertiary/aromatic N) is 1. The number of likely N-dealkylation sites (tertiary alicyclic amines) is 1. The lowest BCUT2D eigenvalue weighted by Gasteiger charge is -2.21. The van der Waals surface area contributed by atoms with Crippen LogP contribution in [-0.4, -0.2) is 29.8 Å². The van der Waals surface area contributed by atoms with Crippen LogP contribution in [0.4, 0.5) is 13.2 Å². The van der Waals surface area contributed by atoms with Gasteiger partial charge in [0.05, 0.1) is 5.56 Å². The number of carbonyl (C=O) groups is 2. The summed E-state index contributed by atoms with van der Waals surface area (Å²) in [5.41, 5.74) is -0.530. The molecule has 1 aliphatic heterocycles. The van der Waals surface area contributed by atoms with Gasteiger partial charge in [0.15, 0.2) is 0 Å². The number of hydrogen-bond donors (Lipinski definition) is 1. The van der Waals surface area contributed by atoms with Crippen LogP contribution in [0.15, 0.2) is 24.3 Å². The predicted octanol–water partition coefficient (Wildman–Crippen LogP) is 2.51. The molecule has 0 spiro atoms. The topological polar surface area (TPSA) is 49.4 Å². The molecule has 1 saturated heterocycles. The molecule has 2 amide bonds. The van der Waals surface area contributed by atoms with E-state index in [2.05, 4.69) is 5.32 Å². The standard InChI is InChI=1S/C15H17F3N2O2/c1-10(11-4-2-3-5-12(11)15(16,17)18)19-8-9-20-13(21)6-7-14(20)22/h2-5,10,19H,6-9H2,1H3. The molecule has 1 N–H and O–H groups in total. The summed E-state index contributed by atoms with van der Waals surface area (Å²) in [7, 11) is 0. The first kappa shape index (κ1) is 16.5. The van der Waals surface area contributed by atoms with Crippen molar-refractivity contribution in [2.45, 2.75) is 32.0 Å². The zero-order chi connectivity index (χ0) is 16.3. The second kappa shape index (κ2) is 6.48. The Morgan fingerprint density at radius 2 is 1.77 bits per heavy atom. The molecule has 4 nitrogen and oxygen atoms in total. The lowest BCUT2D eigenvalue weighted by Crippen LogP contribution is -2.36. The number of carbonyl (C=O) groups excluding carboxylic acids is 2. The van der Waals surface area contributed by atoms with Gasteiger partial charge in [0, 0.05) is 32.0 Å². The van der Waals surface area contributed by atoms with Crippen LogP contribution in [-0.2, 0) is 15.8 Å². The van der Waals surface area contributed by atoms with Gasteiger partial charge in [0.2, 0.25) is 11.8 Å².